The van der Waals surface area contributed by atoms with Crippen LogP contribution in [0, 0.1) is 0 Å². The molecule has 96 valence electrons. The van der Waals surface area contributed by atoms with E-state index in [-0.39, 0.29) is 0 Å². The van der Waals surface area contributed by atoms with Crippen molar-refractivity contribution in [1.29, 1.82) is 0 Å². The predicted octanol–water partition coefficient (Wildman–Crippen LogP) is 3.19. The van der Waals surface area contributed by atoms with Gasteiger partial charge in [0.25, 0.3) is 0 Å². The molecule has 1 aliphatic rings. The summed E-state index contributed by atoms with van der Waals surface area (Å²) >= 11 is 0. The molecular weight excluding hydrogens is 198 g/mol. The van der Waals surface area contributed by atoms with Crippen LogP contribution in [0.4, 0.5) is 0 Å². The van der Waals surface area contributed by atoms with Crippen LogP contribution < -0.4 is 0 Å². The number of likely N-dealkylation sites (tertiary alicyclic amines) is 1. The third-order valence-corrected chi connectivity index (χ3v) is 4.28. The lowest BCUT2D eigenvalue weighted by Crippen LogP contribution is -2.46. The smallest absolute Gasteiger partial charge is 0.0769 e. The molecule has 0 aromatic heterocycles. The number of hydrogen-bond acceptors (Lipinski definition) is 2. The van der Waals surface area contributed by atoms with Crippen LogP contribution in [0.25, 0.3) is 0 Å². The highest BCUT2D eigenvalue weighted by atomic mass is 16.3. The molecule has 0 saturated carbocycles. The third kappa shape index (κ3) is 3.74. The first-order chi connectivity index (χ1) is 7.65. The Kier molecular flexibility index (Phi) is 5.77. The summed E-state index contributed by atoms with van der Waals surface area (Å²) in [5.41, 5.74) is -0.461. The molecule has 0 bridgehead atoms. The number of nitrogens with zero attached hydrogens (tertiary/aromatic N) is 1. The zero-order valence-electron chi connectivity index (χ0n) is 11.3. The zero-order chi connectivity index (χ0) is 12.0. The fraction of sp³-hybridized carbons (Fsp3) is 1.00. The Morgan fingerprint density at radius 1 is 1.12 bits per heavy atom. The summed E-state index contributed by atoms with van der Waals surface area (Å²) in [6.07, 6.45) is 8.33. The second-order valence-corrected chi connectivity index (χ2v) is 5.31. The van der Waals surface area contributed by atoms with E-state index in [0.29, 0.717) is 6.04 Å². The quantitative estimate of drug-likeness (QED) is 0.779. The molecule has 2 heteroatoms. The Bertz CT molecular complexity index is 189. The molecule has 1 aliphatic heterocycles. The van der Waals surface area contributed by atoms with Crippen molar-refractivity contribution in [1.82, 2.24) is 4.90 Å². The van der Waals surface area contributed by atoms with E-state index in [0.717, 1.165) is 19.4 Å². The highest BCUT2D eigenvalue weighted by Crippen LogP contribution is 2.24. The monoisotopic (exact) mass is 227 g/mol. The van der Waals surface area contributed by atoms with Crippen LogP contribution in [0.5, 0.6) is 0 Å². The van der Waals surface area contributed by atoms with E-state index in [2.05, 4.69) is 25.7 Å². The van der Waals surface area contributed by atoms with Crippen molar-refractivity contribution in [2.75, 3.05) is 13.1 Å². The van der Waals surface area contributed by atoms with Gasteiger partial charge in [-0.2, -0.15) is 0 Å². The summed E-state index contributed by atoms with van der Waals surface area (Å²) in [5, 5.41) is 10.4. The molecular formula is C14H29NO. The average Bonchev–Trinajstić information content (AvgIpc) is 2.54. The molecule has 0 spiro atoms. The van der Waals surface area contributed by atoms with Gasteiger partial charge >= 0.3 is 0 Å². The van der Waals surface area contributed by atoms with Crippen LogP contribution in [-0.2, 0) is 0 Å². The molecule has 1 fully saturated rings. The Labute approximate surface area is 101 Å². The van der Waals surface area contributed by atoms with E-state index in [1.165, 1.54) is 38.6 Å². The second-order valence-electron chi connectivity index (χ2n) is 5.31. The first-order valence-corrected chi connectivity index (χ1v) is 7.11. The molecule has 1 saturated heterocycles. The van der Waals surface area contributed by atoms with Gasteiger partial charge in [-0.3, -0.25) is 4.90 Å². The van der Waals surface area contributed by atoms with Gasteiger partial charge in [0, 0.05) is 12.6 Å². The third-order valence-electron chi connectivity index (χ3n) is 4.28. The van der Waals surface area contributed by atoms with Crippen LogP contribution in [-0.4, -0.2) is 34.7 Å². The Balaban J connectivity index is 2.60. The maximum absolute atomic E-state index is 10.4. The van der Waals surface area contributed by atoms with Gasteiger partial charge in [-0.1, -0.05) is 33.6 Å². The van der Waals surface area contributed by atoms with E-state index >= 15 is 0 Å². The summed E-state index contributed by atoms with van der Waals surface area (Å²) < 4.78 is 0. The topological polar surface area (TPSA) is 23.5 Å². The van der Waals surface area contributed by atoms with Crippen LogP contribution in [0.2, 0.25) is 0 Å². The molecule has 1 unspecified atom stereocenters. The maximum atomic E-state index is 10.4. The predicted molar refractivity (Wildman–Crippen MR) is 69.7 cm³/mol. The zero-order valence-corrected chi connectivity index (χ0v) is 11.3. The van der Waals surface area contributed by atoms with Crippen molar-refractivity contribution in [3.05, 3.63) is 0 Å². The second kappa shape index (κ2) is 6.61. The van der Waals surface area contributed by atoms with Crippen molar-refractivity contribution < 1.29 is 5.11 Å². The van der Waals surface area contributed by atoms with Gasteiger partial charge in [0.05, 0.1) is 5.60 Å². The van der Waals surface area contributed by atoms with E-state index < -0.39 is 5.60 Å². The van der Waals surface area contributed by atoms with Crippen molar-refractivity contribution in [2.45, 2.75) is 77.4 Å². The molecule has 0 amide bonds. The van der Waals surface area contributed by atoms with Crippen LogP contribution in [0.15, 0.2) is 0 Å². The first kappa shape index (κ1) is 14.0. The van der Waals surface area contributed by atoms with Crippen molar-refractivity contribution >= 4 is 0 Å². The molecule has 16 heavy (non-hydrogen) atoms. The van der Waals surface area contributed by atoms with Gasteiger partial charge in [-0.05, 0) is 38.6 Å². The van der Waals surface area contributed by atoms with Crippen LogP contribution >= 0.6 is 0 Å². The molecule has 0 radical (unpaired) electrons. The minimum atomic E-state index is -0.461. The lowest BCUT2D eigenvalue weighted by molar-refractivity contribution is -0.0149. The van der Waals surface area contributed by atoms with Crippen LogP contribution in [0.1, 0.15) is 65.7 Å². The Morgan fingerprint density at radius 3 is 2.38 bits per heavy atom. The largest absolute Gasteiger partial charge is 0.389 e. The molecule has 1 rings (SSSR count). The molecule has 1 N–H and O–H groups in total. The molecule has 0 aromatic carbocycles. The van der Waals surface area contributed by atoms with Gasteiger partial charge in [-0.25, -0.2) is 0 Å². The fourth-order valence-electron chi connectivity index (χ4n) is 2.76. The van der Waals surface area contributed by atoms with Crippen molar-refractivity contribution in [2.24, 2.45) is 0 Å². The normalized spacial score (nSPS) is 24.4. The average molecular weight is 227 g/mol. The SMILES string of the molecule is CCC1CCCCCN1CC(O)(CC)CC. The fourth-order valence-corrected chi connectivity index (χ4v) is 2.76. The van der Waals surface area contributed by atoms with Gasteiger partial charge in [-0.15, -0.1) is 0 Å². The van der Waals surface area contributed by atoms with Gasteiger partial charge in [0.2, 0.25) is 0 Å². The first-order valence-electron chi connectivity index (χ1n) is 7.11. The summed E-state index contributed by atoms with van der Waals surface area (Å²) in [6.45, 7) is 8.53. The van der Waals surface area contributed by atoms with Crippen LogP contribution in [0.3, 0.4) is 0 Å². The van der Waals surface area contributed by atoms with Crippen molar-refractivity contribution in [3.8, 4) is 0 Å². The highest BCUT2D eigenvalue weighted by molar-refractivity contribution is 4.84. The highest BCUT2D eigenvalue weighted by Gasteiger charge is 2.29. The minimum absolute atomic E-state index is 0.461. The van der Waals surface area contributed by atoms with E-state index in [9.17, 15) is 5.11 Å². The van der Waals surface area contributed by atoms with E-state index in [4.69, 9.17) is 0 Å². The van der Waals surface area contributed by atoms with Gasteiger partial charge in [0.1, 0.15) is 0 Å². The lowest BCUT2D eigenvalue weighted by Gasteiger charge is -2.36. The Morgan fingerprint density at radius 2 is 1.81 bits per heavy atom. The molecule has 0 aromatic rings. The minimum Gasteiger partial charge on any atom is -0.389 e. The summed E-state index contributed by atoms with van der Waals surface area (Å²) in [4.78, 5) is 2.54. The maximum Gasteiger partial charge on any atom is 0.0769 e. The molecule has 0 aliphatic carbocycles. The lowest BCUT2D eigenvalue weighted by atomic mass is 9.95. The molecule has 1 atom stereocenters. The van der Waals surface area contributed by atoms with E-state index in [1.54, 1.807) is 0 Å². The van der Waals surface area contributed by atoms with Gasteiger partial charge < -0.3 is 5.11 Å². The van der Waals surface area contributed by atoms with E-state index in [1.807, 2.05) is 0 Å². The number of rotatable bonds is 5. The molecule has 2 nitrogen and oxygen atoms in total. The standard InChI is InChI=1S/C14H29NO/c1-4-13-10-8-7-9-11-15(13)12-14(16,5-2)6-3/h13,16H,4-12H2,1-3H3. The number of β-amino-alcohol motifs (C(OH)–C–C–N with tert-alkyl or cyclic N) is 1. The number of hydrogen-bond donors (Lipinski definition) is 1. The Hall–Kier alpha value is -0.0800. The number of aliphatic hydroxyl groups is 1. The van der Waals surface area contributed by atoms with Crippen molar-refractivity contribution in [3.63, 3.8) is 0 Å². The summed E-state index contributed by atoms with van der Waals surface area (Å²) in [7, 11) is 0. The summed E-state index contributed by atoms with van der Waals surface area (Å²) in [6, 6.07) is 0.701. The molecule has 1 heterocycles. The summed E-state index contributed by atoms with van der Waals surface area (Å²) in [5.74, 6) is 0. The van der Waals surface area contributed by atoms with Gasteiger partial charge in [0.15, 0.2) is 0 Å².